The van der Waals surface area contributed by atoms with Crippen LogP contribution in [-0.2, 0) is 0 Å². The topological polar surface area (TPSA) is 43.3 Å². The fraction of sp³-hybridized carbons (Fsp3) is 0.250. The molecule has 3 aromatic rings. The molecule has 5 nitrogen and oxygen atoms in total. The summed E-state index contributed by atoms with van der Waals surface area (Å²) >= 11 is 0. The van der Waals surface area contributed by atoms with Gasteiger partial charge in [-0.2, -0.15) is 5.10 Å². The smallest absolute Gasteiger partial charge is 0.213 e. The molecule has 0 amide bonds. The molecule has 0 bridgehead atoms. The van der Waals surface area contributed by atoms with E-state index in [2.05, 4.69) is 48.0 Å². The van der Waals surface area contributed by atoms with Crippen molar-refractivity contribution >= 4 is 5.71 Å². The fourth-order valence-corrected chi connectivity index (χ4v) is 4.31. The standard InChI is InChI=1S/C28H28N2O3/c1-4-17-31-22-13-9-20(10-14-22)25-18-26-24-7-5-6-8-27(24)33-28(30(26)29-25)21-11-15-23(16-12-21)32-19(2)3/h4-16,19,26,28H,1,17-18H2,2-3H3/t26-,28-/m0/s1. The number of benzene rings is 3. The normalized spacial score (nSPS) is 18.8. The Morgan fingerprint density at radius 3 is 2.48 bits per heavy atom. The highest BCUT2D eigenvalue weighted by atomic mass is 16.5. The van der Waals surface area contributed by atoms with Gasteiger partial charge in [0.25, 0.3) is 0 Å². The van der Waals surface area contributed by atoms with Crippen LogP contribution in [0.3, 0.4) is 0 Å². The molecule has 0 N–H and O–H groups in total. The van der Waals surface area contributed by atoms with Crippen LogP contribution in [0.4, 0.5) is 0 Å². The van der Waals surface area contributed by atoms with Gasteiger partial charge in [-0.15, -0.1) is 0 Å². The van der Waals surface area contributed by atoms with E-state index in [0.717, 1.165) is 46.1 Å². The molecule has 0 saturated heterocycles. The Kier molecular flexibility index (Phi) is 5.78. The van der Waals surface area contributed by atoms with E-state index in [0.29, 0.717) is 6.61 Å². The zero-order chi connectivity index (χ0) is 22.8. The van der Waals surface area contributed by atoms with Gasteiger partial charge in [0.1, 0.15) is 23.9 Å². The summed E-state index contributed by atoms with van der Waals surface area (Å²) < 4.78 is 17.9. The van der Waals surface area contributed by atoms with Gasteiger partial charge in [-0.1, -0.05) is 30.9 Å². The van der Waals surface area contributed by atoms with Crippen molar-refractivity contribution in [2.45, 2.75) is 38.6 Å². The fourth-order valence-electron chi connectivity index (χ4n) is 4.31. The molecular formula is C28H28N2O3. The van der Waals surface area contributed by atoms with Crippen LogP contribution in [-0.4, -0.2) is 23.4 Å². The van der Waals surface area contributed by atoms with E-state index in [1.807, 2.05) is 50.2 Å². The lowest BCUT2D eigenvalue weighted by atomic mass is 9.96. The van der Waals surface area contributed by atoms with Gasteiger partial charge in [-0.05, 0) is 74.0 Å². The number of nitrogens with zero attached hydrogens (tertiary/aromatic N) is 2. The minimum atomic E-state index is -0.300. The molecule has 2 atom stereocenters. The number of hydrazone groups is 1. The Balaban J connectivity index is 1.45. The third kappa shape index (κ3) is 4.31. The van der Waals surface area contributed by atoms with E-state index in [1.165, 1.54) is 0 Å². The highest BCUT2D eigenvalue weighted by Gasteiger charge is 2.40. The number of ether oxygens (including phenoxy) is 3. The van der Waals surface area contributed by atoms with Crippen molar-refractivity contribution < 1.29 is 14.2 Å². The molecule has 2 heterocycles. The summed E-state index contributed by atoms with van der Waals surface area (Å²) in [7, 11) is 0. The van der Waals surface area contributed by atoms with E-state index >= 15 is 0 Å². The lowest BCUT2D eigenvalue weighted by Crippen LogP contribution is -2.33. The average molecular weight is 441 g/mol. The molecule has 0 aliphatic carbocycles. The van der Waals surface area contributed by atoms with Gasteiger partial charge in [-0.3, -0.25) is 0 Å². The number of para-hydroxylation sites is 1. The number of hydrogen-bond acceptors (Lipinski definition) is 5. The van der Waals surface area contributed by atoms with Gasteiger partial charge in [-0.25, -0.2) is 5.01 Å². The van der Waals surface area contributed by atoms with Gasteiger partial charge in [0, 0.05) is 17.5 Å². The van der Waals surface area contributed by atoms with E-state index < -0.39 is 0 Å². The zero-order valence-electron chi connectivity index (χ0n) is 19.0. The van der Waals surface area contributed by atoms with Crippen molar-refractivity contribution in [1.29, 1.82) is 0 Å². The van der Waals surface area contributed by atoms with Gasteiger partial charge in [0.15, 0.2) is 0 Å². The molecule has 5 rings (SSSR count). The summed E-state index contributed by atoms with van der Waals surface area (Å²) in [5.41, 5.74) is 4.34. The Labute approximate surface area is 194 Å². The Morgan fingerprint density at radius 1 is 1.03 bits per heavy atom. The second kappa shape index (κ2) is 9.02. The predicted molar refractivity (Wildman–Crippen MR) is 130 cm³/mol. The lowest BCUT2D eigenvalue weighted by molar-refractivity contribution is -0.0190. The molecule has 168 valence electrons. The Bertz CT molecular complexity index is 1150. The summed E-state index contributed by atoms with van der Waals surface area (Å²) in [5.74, 6) is 2.59. The first-order valence-corrected chi connectivity index (χ1v) is 11.3. The Morgan fingerprint density at radius 2 is 1.76 bits per heavy atom. The maximum absolute atomic E-state index is 6.45. The number of rotatable bonds is 7. The van der Waals surface area contributed by atoms with E-state index in [-0.39, 0.29) is 18.4 Å². The number of hydrogen-bond donors (Lipinski definition) is 0. The van der Waals surface area contributed by atoms with Crippen molar-refractivity contribution in [2.24, 2.45) is 5.10 Å². The van der Waals surface area contributed by atoms with Gasteiger partial charge in [0.05, 0.1) is 17.9 Å². The molecule has 0 radical (unpaired) electrons. The van der Waals surface area contributed by atoms with Crippen LogP contribution in [0.2, 0.25) is 0 Å². The zero-order valence-corrected chi connectivity index (χ0v) is 19.0. The molecule has 0 aromatic heterocycles. The van der Waals surface area contributed by atoms with Crippen LogP contribution in [0.5, 0.6) is 17.2 Å². The highest BCUT2D eigenvalue weighted by Crippen LogP contribution is 2.47. The molecule has 3 aromatic carbocycles. The summed E-state index contributed by atoms with van der Waals surface area (Å²) in [6.07, 6.45) is 2.40. The molecule has 0 spiro atoms. The summed E-state index contributed by atoms with van der Waals surface area (Å²) in [4.78, 5) is 0. The maximum Gasteiger partial charge on any atom is 0.213 e. The second-order valence-corrected chi connectivity index (χ2v) is 8.51. The van der Waals surface area contributed by atoms with E-state index in [1.54, 1.807) is 6.08 Å². The van der Waals surface area contributed by atoms with Crippen LogP contribution in [0, 0.1) is 0 Å². The van der Waals surface area contributed by atoms with Crippen molar-refractivity contribution in [3.8, 4) is 17.2 Å². The van der Waals surface area contributed by atoms with Crippen molar-refractivity contribution in [3.63, 3.8) is 0 Å². The van der Waals surface area contributed by atoms with E-state index in [9.17, 15) is 0 Å². The minimum Gasteiger partial charge on any atom is -0.491 e. The maximum atomic E-state index is 6.45. The quantitative estimate of drug-likeness (QED) is 0.406. The average Bonchev–Trinajstić information content (AvgIpc) is 3.28. The first-order chi connectivity index (χ1) is 16.1. The Hall–Kier alpha value is -3.73. The lowest BCUT2D eigenvalue weighted by Gasteiger charge is -2.38. The summed E-state index contributed by atoms with van der Waals surface area (Å²) in [5, 5.41) is 7.13. The minimum absolute atomic E-state index is 0.123. The molecule has 5 heteroatoms. The van der Waals surface area contributed by atoms with Crippen LogP contribution in [0.25, 0.3) is 0 Å². The first-order valence-electron chi connectivity index (χ1n) is 11.3. The van der Waals surface area contributed by atoms with Gasteiger partial charge < -0.3 is 14.2 Å². The van der Waals surface area contributed by atoms with Crippen LogP contribution in [0.1, 0.15) is 49.2 Å². The molecular weight excluding hydrogens is 412 g/mol. The first kappa shape index (κ1) is 21.1. The molecule has 2 aliphatic heterocycles. The van der Waals surface area contributed by atoms with Crippen molar-refractivity contribution in [1.82, 2.24) is 5.01 Å². The molecule has 2 aliphatic rings. The summed E-state index contributed by atoms with van der Waals surface area (Å²) in [6.45, 7) is 8.24. The predicted octanol–water partition coefficient (Wildman–Crippen LogP) is 6.28. The van der Waals surface area contributed by atoms with Crippen molar-refractivity contribution in [2.75, 3.05) is 6.61 Å². The van der Waals surface area contributed by atoms with Crippen LogP contribution < -0.4 is 14.2 Å². The van der Waals surface area contributed by atoms with Crippen molar-refractivity contribution in [3.05, 3.63) is 102 Å². The summed E-state index contributed by atoms with van der Waals surface area (Å²) in [6, 6.07) is 24.6. The third-order valence-corrected chi connectivity index (χ3v) is 5.79. The van der Waals surface area contributed by atoms with Gasteiger partial charge in [0.2, 0.25) is 6.23 Å². The second-order valence-electron chi connectivity index (χ2n) is 8.51. The van der Waals surface area contributed by atoms with Crippen LogP contribution >= 0.6 is 0 Å². The van der Waals surface area contributed by atoms with Gasteiger partial charge >= 0.3 is 0 Å². The van der Waals surface area contributed by atoms with E-state index in [4.69, 9.17) is 19.3 Å². The number of fused-ring (bicyclic) bond motifs is 3. The third-order valence-electron chi connectivity index (χ3n) is 5.79. The van der Waals surface area contributed by atoms with Crippen LogP contribution in [0.15, 0.2) is 90.6 Å². The highest BCUT2D eigenvalue weighted by molar-refractivity contribution is 6.02. The monoisotopic (exact) mass is 440 g/mol. The molecule has 33 heavy (non-hydrogen) atoms. The molecule has 0 unspecified atom stereocenters. The molecule has 0 saturated carbocycles. The largest absolute Gasteiger partial charge is 0.491 e. The molecule has 0 fully saturated rings. The SMILES string of the molecule is C=CCOc1ccc(C2=NN3[C@@H](C2)c2ccccc2O[C@H]3c2ccc(OC(C)C)cc2)cc1.